The van der Waals surface area contributed by atoms with Gasteiger partial charge in [-0.3, -0.25) is 4.79 Å². The first-order chi connectivity index (χ1) is 9.78. The summed E-state index contributed by atoms with van der Waals surface area (Å²) in [7, 11) is 0. The van der Waals surface area contributed by atoms with Crippen LogP contribution in [0.4, 0.5) is 4.39 Å². The lowest BCUT2D eigenvalue weighted by atomic mass is 10.1. The zero-order valence-electron chi connectivity index (χ0n) is 12.6. The number of hydrogen-bond acceptors (Lipinski definition) is 3. The maximum atomic E-state index is 12.9. The molecule has 0 aromatic heterocycles. The van der Waals surface area contributed by atoms with E-state index < -0.39 is 17.5 Å². The highest BCUT2D eigenvalue weighted by atomic mass is 19.1. The van der Waals surface area contributed by atoms with Gasteiger partial charge in [0.1, 0.15) is 17.5 Å². The number of nitrogens with zero attached hydrogens (tertiary/aromatic N) is 1. The SMILES string of the molecule is CC(C)(C)OC(=O)[C@H]1CCCN1C(=O)c1ccc(F)cc1. The van der Waals surface area contributed by atoms with Crippen LogP contribution in [0.25, 0.3) is 0 Å². The highest BCUT2D eigenvalue weighted by Crippen LogP contribution is 2.23. The Kier molecular flexibility index (Phi) is 4.30. The average molecular weight is 293 g/mol. The second-order valence-electron chi connectivity index (χ2n) is 6.20. The molecule has 1 aliphatic heterocycles. The smallest absolute Gasteiger partial charge is 0.329 e. The fraction of sp³-hybridized carbons (Fsp3) is 0.500. The number of ether oxygens (including phenoxy) is 1. The number of carbonyl (C=O) groups is 2. The van der Waals surface area contributed by atoms with Gasteiger partial charge < -0.3 is 9.64 Å². The zero-order chi connectivity index (χ0) is 15.6. The molecule has 0 unspecified atom stereocenters. The maximum absolute atomic E-state index is 12.9. The van der Waals surface area contributed by atoms with Crippen LogP contribution in [-0.4, -0.2) is 35.0 Å². The number of esters is 1. The topological polar surface area (TPSA) is 46.6 Å². The Morgan fingerprint density at radius 2 is 1.86 bits per heavy atom. The fourth-order valence-corrected chi connectivity index (χ4v) is 2.38. The summed E-state index contributed by atoms with van der Waals surface area (Å²) in [6.07, 6.45) is 1.36. The lowest BCUT2D eigenvalue weighted by Gasteiger charge is -2.27. The molecule has 1 saturated heterocycles. The van der Waals surface area contributed by atoms with E-state index in [1.807, 2.05) is 0 Å². The van der Waals surface area contributed by atoms with E-state index in [1.54, 1.807) is 20.8 Å². The Hall–Kier alpha value is -1.91. The highest BCUT2D eigenvalue weighted by Gasteiger charge is 2.37. The van der Waals surface area contributed by atoms with Crippen molar-refractivity contribution in [2.45, 2.75) is 45.3 Å². The van der Waals surface area contributed by atoms with E-state index in [0.29, 0.717) is 18.5 Å². The monoisotopic (exact) mass is 293 g/mol. The largest absolute Gasteiger partial charge is 0.458 e. The first kappa shape index (κ1) is 15.5. The van der Waals surface area contributed by atoms with E-state index in [-0.39, 0.29) is 11.9 Å². The Balaban J connectivity index is 2.13. The molecule has 0 bridgehead atoms. The van der Waals surface area contributed by atoms with Gasteiger partial charge in [0.25, 0.3) is 5.91 Å². The average Bonchev–Trinajstić information content (AvgIpc) is 2.86. The van der Waals surface area contributed by atoms with Crippen molar-refractivity contribution in [1.82, 2.24) is 4.90 Å². The van der Waals surface area contributed by atoms with Gasteiger partial charge in [-0.1, -0.05) is 0 Å². The van der Waals surface area contributed by atoms with Crippen LogP contribution < -0.4 is 0 Å². The molecule has 0 saturated carbocycles. The van der Waals surface area contributed by atoms with E-state index >= 15 is 0 Å². The number of amides is 1. The van der Waals surface area contributed by atoms with Crippen molar-refractivity contribution in [1.29, 1.82) is 0 Å². The molecule has 0 N–H and O–H groups in total. The Morgan fingerprint density at radius 1 is 1.24 bits per heavy atom. The van der Waals surface area contributed by atoms with E-state index in [1.165, 1.54) is 29.2 Å². The predicted molar refractivity (Wildman–Crippen MR) is 76.3 cm³/mol. The summed E-state index contributed by atoms with van der Waals surface area (Å²) < 4.78 is 18.3. The lowest BCUT2D eigenvalue weighted by molar-refractivity contribution is -0.159. The van der Waals surface area contributed by atoms with Gasteiger partial charge in [0.15, 0.2) is 0 Å². The number of halogens is 1. The van der Waals surface area contributed by atoms with Gasteiger partial charge in [0.05, 0.1) is 0 Å². The van der Waals surface area contributed by atoms with Crippen LogP contribution in [0.15, 0.2) is 24.3 Å². The van der Waals surface area contributed by atoms with Crippen LogP contribution in [0, 0.1) is 5.82 Å². The molecule has 4 nitrogen and oxygen atoms in total. The number of benzene rings is 1. The van der Waals surface area contributed by atoms with Crippen molar-refractivity contribution in [3.05, 3.63) is 35.6 Å². The molecule has 1 amide bonds. The van der Waals surface area contributed by atoms with Crippen LogP contribution in [0.3, 0.4) is 0 Å². The first-order valence-corrected chi connectivity index (χ1v) is 7.07. The van der Waals surface area contributed by atoms with E-state index in [2.05, 4.69) is 0 Å². The van der Waals surface area contributed by atoms with Crippen molar-refractivity contribution in [3.63, 3.8) is 0 Å². The molecule has 1 aromatic rings. The van der Waals surface area contributed by atoms with Crippen LogP contribution >= 0.6 is 0 Å². The predicted octanol–water partition coefficient (Wildman–Crippen LogP) is 2.77. The summed E-state index contributed by atoms with van der Waals surface area (Å²) in [5, 5.41) is 0. The van der Waals surface area contributed by atoms with E-state index in [9.17, 15) is 14.0 Å². The van der Waals surface area contributed by atoms with Gasteiger partial charge in [0, 0.05) is 12.1 Å². The molecule has 1 heterocycles. The van der Waals surface area contributed by atoms with Gasteiger partial charge in [-0.25, -0.2) is 9.18 Å². The Morgan fingerprint density at radius 3 is 2.43 bits per heavy atom. The molecule has 5 heteroatoms. The Bertz CT molecular complexity index is 533. The van der Waals surface area contributed by atoms with Crippen LogP contribution in [-0.2, 0) is 9.53 Å². The summed E-state index contributed by atoms with van der Waals surface area (Å²) >= 11 is 0. The van der Waals surface area contributed by atoms with Crippen molar-refractivity contribution in [2.24, 2.45) is 0 Å². The molecule has 0 radical (unpaired) electrons. The van der Waals surface area contributed by atoms with E-state index in [0.717, 1.165) is 6.42 Å². The van der Waals surface area contributed by atoms with Crippen LogP contribution in [0.2, 0.25) is 0 Å². The maximum Gasteiger partial charge on any atom is 0.329 e. The normalized spacial score (nSPS) is 18.7. The zero-order valence-corrected chi connectivity index (χ0v) is 12.6. The third-order valence-corrected chi connectivity index (χ3v) is 3.28. The summed E-state index contributed by atoms with van der Waals surface area (Å²) in [6.45, 7) is 5.91. The number of likely N-dealkylation sites (tertiary alicyclic amines) is 1. The minimum absolute atomic E-state index is 0.261. The number of carbonyl (C=O) groups excluding carboxylic acids is 2. The number of rotatable bonds is 2. The minimum atomic E-state index is -0.579. The summed E-state index contributed by atoms with van der Waals surface area (Å²) in [5.41, 5.74) is -0.198. The second-order valence-corrected chi connectivity index (χ2v) is 6.20. The Labute approximate surface area is 123 Å². The van der Waals surface area contributed by atoms with Gasteiger partial charge in [-0.05, 0) is 57.9 Å². The molecule has 1 fully saturated rings. The molecule has 1 atom stereocenters. The standard InChI is InChI=1S/C16H20FNO3/c1-16(2,3)21-15(20)13-5-4-10-18(13)14(19)11-6-8-12(17)9-7-11/h6-9,13H,4-5,10H2,1-3H3/t13-/m1/s1. The molecule has 114 valence electrons. The van der Waals surface area contributed by atoms with Gasteiger partial charge in [-0.15, -0.1) is 0 Å². The van der Waals surface area contributed by atoms with Crippen molar-refractivity contribution < 1.29 is 18.7 Å². The summed E-state index contributed by atoms with van der Waals surface area (Å²) in [5.74, 6) is -1.03. The van der Waals surface area contributed by atoms with Crippen molar-refractivity contribution in [3.8, 4) is 0 Å². The minimum Gasteiger partial charge on any atom is -0.458 e. The van der Waals surface area contributed by atoms with Crippen molar-refractivity contribution >= 4 is 11.9 Å². The molecule has 1 aliphatic rings. The highest BCUT2D eigenvalue weighted by molar-refractivity contribution is 5.97. The molecule has 2 rings (SSSR count). The quantitative estimate of drug-likeness (QED) is 0.788. The third-order valence-electron chi connectivity index (χ3n) is 3.28. The first-order valence-electron chi connectivity index (χ1n) is 7.07. The third kappa shape index (κ3) is 3.80. The molecule has 1 aromatic carbocycles. The number of hydrogen-bond donors (Lipinski definition) is 0. The molecular weight excluding hydrogens is 273 g/mol. The van der Waals surface area contributed by atoms with Gasteiger partial charge in [-0.2, -0.15) is 0 Å². The second kappa shape index (κ2) is 5.84. The summed E-state index contributed by atoms with van der Waals surface area (Å²) in [4.78, 5) is 26.1. The summed E-state index contributed by atoms with van der Waals surface area (Å²) in [6, 6.07) is 4.80. The molecule has 21 heavy (non-hydrogen) atoms. The van der Waals surface area contributed by atoms with E-state index in [4.69, 9.17) is 4.74 Å². The van der Waals surface area contributed by atoms with Crippen LogP contribution in [0.1, 0.15) is 44.0 Å². The van der Waals surface area contributed by atoms with Gasteiger partial charge >= 0.3 is 5.97 Å². The van der Waals surface area contributed by atoms with Gasteiger partial charge in [0.2, 0.25) is 0 Å². The lowest BCUT2D eigenvalue weighted by Crippen LogP contribution is -2.43. The molecular formula is C16H20FNO3. The van der Waals surface area contributed by atoms with Crippen LogP contribution in [0.5, 0.6) is 0 Å². The van der Waals surface area contributed by atoms with Crippen molar-refractivity contribution in [2.75, 3.05) is 6.54 Å². The molecule has 0 aliphatic carbocycles. The fourth-order valence-electron chi connectivity index (χ4n) is 2.38. The molecule has 0 spiro atoms.